The van der Waals surface area contributed by atoms with Crippen LogP contribution in [0.3, 0.4) is 0 Å². The molecule has 3 nitrogen and oxygen atoms in total. The topological polar surface area (TPSA) is 48.2 Å². The number of aliphatic imine (C=N–C) groups is 1. The molecule has 1 heterocycles. The van der Waals surface area contributed by atoms with E-state index in [2.05, 4.69) is 10.3 Å². The zero-order valence-corrected chi connectivity index (χ0v) is 8.54. The van der Waals surface area contributed by atoms with Gasteiger partial charge >= 0.3 is 0 Å². The lowest BCUT2D eigenvalue weighted by atomic mass is 10.3. The van der Waals surface area contributed by atoms with E-state index in [9.17, 15) is 0 Å². The maximum atomic E-state index is 8.38. The number of amidine groups is 1. The van der Waals surface area contributed by atoms with Gasteiger partial charge in [0.25, 0.3) is 0 Å². The molecule has 0 radical (unpaired) electrons. The summed E-state index contributed by atoms with van der Waals surface area (Å²) < 4.78 is 0. The fourth-order valence-corrected chi connectivity index (χ4v) is 2.49. The summed E-state index contributed by atoms with van der Waals surface area (Å²) in [5.74, 6) is 2.29. The molecule has 1 unspecified atom stereocenters. The van der Waals surface area contributed by atoms with Crippen LogP contribution < -0.4 is 5.32 Å². The largest absolute Gasteiger partial charge is 0.272 e. The van der Waals surface area contributed by atoms with Gasteiger partial charge in [-0.1, -0.05) is 11.8 Å². The van der Waals surface area contributed by atoms with E-state index in [1.165, 1.54) is 17.5 Å². The molecule has 0 aliphatic carbocycles. The molecule has 1 atom stereocenters. The highest BCUT2D eigenvalue weighted by molar-refractivity contribution is 8.13. The predicted molar refractivity (Wildman–Crippen MR) is 55.4 cm³/mol. The van der Waals surface area contributed by atoms with Crippen LogP contribution in [0.25, 0.3) is 0 Å². The Morgan fingerprint density at radius 2 is 2.67 bits per heavy atom. The van der Waals surface area contributed by atoms with Crippen LogP contribution in [-0.2, 0) is 0 Å². The van der Waals surface area contributed by atoms with Crippen molar-refractivity contribution >= 4 is 28.7 Å². The van der Waals surface area contributed by atoms with Crippen molar-refractivity contribution < 1.29 is 0 Å². The monoisotopic (exact) mass is 201 g/mol. The number of rotatable bonds is 1. The Labute approximate surface area is 81.0 Å². The molecule has 1 aliphatic heterocycles. The third kappa shape index (κ3) is 2.95. The summed E-state index contributed by atoms with van der Waals surface area (Å²) in [6.07, 6.45) is 4.95. The SMILES string of the molecule is CSC(=NC1CCSC1)NC#N. The number of nitriles is 1. The molecular formula is C7H11N3S2. The second-order valence-corrected chi connectivity index (χ2v) is 4.34. The molecule has 12 heavy (non-hydrogen) atoms. The van der Waals surface area contributed by atoms with Crippen LogP contribution in [-0.4, -0.2) is 29.0 Å². The molecule has 0 amide bonds. The van der Waals surface area contributed by atoms with E-state index >= 15 is 0 Å². The third-order valence-corrected chi connectivity index (χ3v) is 3.30. The molecule has 5 heteroatoms. The van der Waals surface area contributed by atoms with Crippen molar-refractivity contribution in [3.8, 4) is 6.19 Å². The first kappa shape index (κ1) is 9.75. The first-order valence-electron chi connectivity index (χ1n) is 3.71. The van der Waals surface area contributed by atoms with Gasteiger partial charge in [0.1, 0.15) is 0 Å². The minimum atomic E-state index is 0.415. The highest BCUT2D eigenvalue weighted by Crippen LogP contribution is 2.20. The molecule has 66 valence electrons. The van der Waals surface area contributed by atoms with Crippen molar-refractivity contribution in [3.05, 3.63) is 0 Å². The van der Waals surface area contributed by atoms with E-state index in [0.717, 1.165) is 17.3 Å². The Hall–Kier alpha value is -0.340. The predicted octanol–water partition coefficient (Wildman–Crippen LogP) is 1.28. The van der Waals surface area contributed by atoms with Crippen molar-refractivity contribution in [2.45, 2.75) is 12.5 Å². The van der Waals surface area contributed by atoms with Crippen molar-refractivity contribution in [2.75, 3.05) is 17.8 Å². The quantitative estimate of drug-likeness (QED) is 0.300. The second-order valence-electron chi connectivity index (χ2n) is 2.39. The van der Waals surface area contributed by atoms with E-state index in [1.807, 2.05) is 24.2 Å². The Kier molecular flexibility index (Phi) is 4.33. The molecule has 0 aromatic heterocycles. The lowest BCUT2D eigenvalue weighted by Gasteiger charge is -2.03. The summed E-state index contributed by atoms with van der Waals surface area (Å²) in [7, 11) is 0. The van der Waals surface area contributed by atoms with Crippen LogP contribution >= 0.6 is 23.5 Å². The van der Waals surface area contributed by atoms with Crippen molar-refractivity contribution in [3.63, 3.8) is 0 Å². The molecule has 0 spiro atoms. The van der Waals surface area contributed by atoms with Gasteiger partial charge in [-0.25, -0.2) is 0 Å². The van der Waals surface area contributed by atoms with Gasteiger partial charge in [-0.3, -0.25) is 10.3 Å². The van der Waals surface area contributed by atoms with E-state index in [4.69, 9.17) is 5.26 Å². The molecule has 1 fully saturated rings. The minimum absolute atomic E-state index is 0.415. The first-order valence-corrected chi connectivity index (χ1v) is 6.09. The van der Waals surface area contributed by atoms with Gasteiger partial charge in [0, 0.05) is 5.75 Å². The Morgan fingerprint density at radius 1 is 1.83 bits per heavy atom. The molecule has 0 bridgehead atoms. The van der Waals surface area contributed by atoms with Gasteiger partial charge in [0.05, 0.1) is 6.04 Å². The van der Waals surface area contributed by atoms with Crippen molar-refractivity contribution in [1.29, 1.82) is 5.26 Å². The molecule has 0 aromatic rings. The molecule has 1 aliphatic rings. The summed E-state index contributed by atoms with van der Waals surface area (Å²) in [6.45, 7) is 0. The third-order valence-electron chi connectivity index (χ3n) is 1.56. The summed E-state index contributed by atoms with van der Waals surface area (Å²) in [5.41, 5.74) is 0. The van der Waals surface area contributed by atoms with Gasteiger partial charge < -0.3 is 0 Å². The summed E-state index contributed by atoms with van der Waals surface area (Å²) in [5, 5.41) is 11.7. The molecule has 0 saturated carbocycles. The van der Waals surface area contributed by atoms with Gasteiger partial charge in [0.15, 0.2) is 11.4 Å². The molecule has 0 aromatic carbocycles. The van der Waals surface area contributed by atoms with Gasteiger partial charge in [-0.15, -0.1) is 0 Å². The summed E-state index contributed by atoms with van der Waals surface area (Å²) in [4.78, 5) is 4.41. The van der Waals surface area contributed by atoms with Crippen LogP contribution in [0.1, 0.15) is 6.42 Å². The standard InChI is InChI=1S/C7H11N3S2/c1-11-7(9-5-8)10-6-2-3-12-4-6/h6H,2-4H2,1H3,(H,9,10). The van der Waals surface area contributed by atoms with Gasteiger partial charge in [-0.05, 0) is 18.4 Å². The van der Waals surface area contributed by atoms with Crippen LogP contribution in [0.5, 0.6) is 0 Å². The molecular weight excluding hydrogens is 190 g/mol. The zero-order valence-electron chi connectivity index (χ0n) is 6.91. The van der Waals surface area contributed by atoms with E-state index < -0.39 is 0 Å². The fraction of sp³-hybridized carbons (Fsp3) is 0.714. The molecule has 1 saturated heterocycles. The Morgan fingerprint density at radius 3 is 3.17 bits per heavy atom. The van der Waals surface area contributed by atoms with Crippen LogP contribution in [0, 0.1) is 11.5 Å². The average Bonchev–Trinajstić information content (AvgIpc) is 2.56. The highest BCUT2D eigenvalue weighted by Gasteiger charge is 2.14. The van der Waals surface area contributed by atoms with Crippen LogP contribution in [0.4, 0.5) is 0 Å². The lowest BCUT2D eigenvalue weighted by Crippen LogP contribution is -2.17. The first-order chi connectivity index (χ1) is 5.86. The summed E-state index contributed by atoms with van der Waals surface area (Å²) >= 11 is 3.41. The normalized spacial score (nSPS) is 23.7. The number of thioether (sulfide) groups is 2. The highest BCUT2D eigenvalue weighted by atomic mass is 32.2. The number of nitrogens with zero attached hydrogens (tertiary/aromatic N) is 2. The smallest absolute Gasteiger partial charge is 0.183 e. The number of hydrogen-bond acceptors (Lipinski definition) is 4. The maximum absolute atomic E-state index is 8.38. The Bertz CT molecular complexity index is 203. The Balaban J connectivity index is 2.45. The minimum Gasteiger partial charge on any atom is -0.272 e. The maximum Gasteiger partial charge on any atom is 0.183 e. The van der Waals surface area contributed by atoms with Crippen LogP contribution in [0.15, 0.2) is 4.99 Å². The van der Waals surface area contributed by atoms with E-state index in [-0.39, 0.29) is 0 Å². The zero-order chi connectivity index (χ0) is 8.81. The van der Waals surface area contributed by atoms with E-state index in [0.29, 0.717) is 6.04 Å². The van der Waals surface area contributed by atoms with Crippen LogP contribution in [0.2, 0.25) is 0 Å². The molecule has 1 rings (SSSR count). The van der Waals surface area contributed by atoms with Gasteiger partial charge in [0.2, 0.25) is 0 Å². The lowest BCUT2D eigenvalue weighted by molar-refractivity contribution is 0.761. The van der Waals surface area contributed by atoms with E-state index in [1.54, 1.807) is 0 Å². The average molecular weight is 201 g/mol. The van der Waals surface area contributed by atoms with Crippen molar-refractivity contribution in [1.82, 2.24) is 5.32 Å². The van der Waals surface area contributed by atoms with Crippen molar-refractivity contribution in [2.24, 2.45) is 4.99 Å². The second kappa shape index (κ2) is 5.33. The molecule has 1 N–H and O–H groups in total. The summed E-state index contributed by atoms with van der Waals surface area (Å²) in [6, 6.07) is 0.415. The number of hydrogen-bond donors (Lipinski definition) is 1. The number of nitrogens with one attached hydrogen (secondary N) is 1. The fourth-order valence-electron chi connectivity index (χ4n) is 0.974. The van der Waals surface area contributed by atoms with Gasteiger partial charge in [-0.2, -0.15) is 17.0 Å².